The molecular weight excluding hydrogens is 160 g/mol. The molecule has 1 saturated heterocycles. The van der Waals surface area contributed by atoms with Crippen molar-refractivity contribution in [1.29, 1.82) is 0 Å². The highest BCUT2D eigenvalue weighted by molar-refractivity contribution is 4.69. The molecule has 1 fully saturated rings. The van der Waals surface area contributed by atoms with Crippen molar-refractivity contribution in [3.8, 4) is 0 Å². The predicted molar refractivity (Wildman–Crippen MR) is 57.0 cm³/mol. The first kappa shape index (κ1) is 11.0. The van der Waals surface area contributed by atoms with E-state index in [9.17, 15) is 0 Å². The van der Waals surface area contributed by atoms with E-state index in [0.29, 0.717) is 0 Å². The van der Waals surface area contributed by atoms with Crippen molar-refractivity contribution in [2.75, 3.05) is 32.7 Å². The molecule has 1 aliphatic heterocycles. The molecule has 1 rings (SSSR count). The van der Waals surface area contributed by atoms with Gasteiger partial charge in [-0.15, -0.1) is 0 Å². The predicted octanol–water partition coefficient (Wildman–Crippen LogP) is 1.73. The summed E-state index contributed by atoms with van der Waals surface area (Å²) < 4.78 is 0. The molecule has 0 amide bonds. The Hall–Kier alpha value is -0.0800. The number of nitrogens with zero attached hydrogens (tertiary/aromatic N) is 2. The molecule has 0 aromatic rings. The fourth-order valence-corrected chi connectivity index (χ4v) is 2.00. The van der Waals surface area contributed by atoms with Gasteiger partial charge < -0.3 is 4.90 Å². The van der Waals surface area contributed by atoms with E-state index in [-0.39, 0.29) is 0 Å². The van der Waals surface area contributed by atoms with Crippen LogP contribution < -0.4 is 5.32 Å². The Labute approximate surface area is 82.7 Å². The quantitative estimate of drug-likeness (QED) is 0.634. The number of hydrogen-bond acceptors (Lipinski definition) is 1. The highest BCUT2D eigenvalue weighted by Gasteiger charge is 2.13. The molecule has 0 aromatic carbocycles. The van der Waals surface area contributed by atoms with Gasteiger partial charge in [-0.2, -0.15) is 0 Å². The molecular formula is C11H23N2. The summed E-state index contributed by atoms with van der Waals surface area (Å²) in [5.74, 6) is 0.957. The average Bonchev–Trinajstić information content (AvgIpc) is 2.21. The lowest BCUT2D eigenvalue weighted by molar-refractivity contribution is 0.252. The van der Waals surface area contributed by atoms with E-state index in [0.717, 1.165) is 19.0 Å². The molecule has 77 valence electrons. The Bertz CT molecular complexity index is 115. The number of hydrogen-bond donors (Lipinski definition) is 0. The molecule has 13 heavy (non-hydrogen) atoms. The zero-order valence-corrected chi connectivity index (χ0v) is 9.13. The fourth-order valence-electron chi connectivity index (χ4n) is 2.00. The third kappa shape index (κ3) is 4.10. The van der Waals surface area contributed by atoms with Gasteiger partial charge in [0.15, 0.2) is 0 Å². The maximum atomic E-state index is 4.38. The van der Waals surface area contributed by atoms with Gasteiger partial charge in [0.2, 0.25) is 0 Å². The van der Waals surface area contributed by atoms with E-state index < -0.39 is 0 Å². The van der Waals surface area contributed by atoms with E-state index in [4.69, 9.17) is 0 Å². The molecule has 0 atom stereocenters. The summed E-state index contributed by atoms with van der Waals surface area (Å²) in [7, 11) is 0. The highest BCUT2D eigenvalue weighted by atomic mass is 15.1. The summed E-state index contributed by atoms with van der Waals surface area (Å²) >= 11 is 0. The fraction of sp³-hybridized carbons (Fsp3) is 1.00. The Morgan fingerprint density at radius 1 is 1.15 bits per heavy atom. The minimum absolute atomic E-state index is 0.957. The van der Waals surface area contributed by atoms with Crippen LogP contribution in [0.1, 0.15) is 33.1 Å². The van der Waals surface area contributed by atoms with E-state index >= 15 is 0 Å². The Balaban J connectivity index is 2.09. The second kappa shape index (κ2) is 6.39. The van der Waals surface area contributed by atoms with Crippen LogP contribution >= 0.6 is 0 Å². The van der Waals surface area contributed by atoms with Crippen LogP contribution in [0.25, 0.3) is 0 Å². The smallest absolute Gasteiger partial charge is 0.0136 e. The van der Waals surface area contributed by atoms with Crippen molar-refractivity contribution in [1.82, 2.24) is 10.2 Å². The minimum atomic E-state index is 0.957. The van der Waals surface area contributed by atoms with E-state index in [1.807, 2.05) is 0 Å². The maximum Gasteiger partial charge on any atom is 0.0136 e. The molecule has 0 unspecified atom stereocenters. The van der Waals surface area contributed by atoms with Crippen LogP contribution in [0.5, 0.6) is 0 Å². The molecule has 0 bridgehead atoms. The molecule has 1 radical (unpaired) electrons. The number of piperidine rings is 1. The second-order valence-corrected chi connectivity index (χ2v) is 3.93. The minimum Gasteiger partial charge on any atom is -0.304 e. The van der Waals surface area contributed by atoms with Crippen molar-refractivity contribution in [3.63, 3.8) is 0 Å². The molecule has 2 heteroatoms. The maximum absolute atomic E-state index is 4.38. The van der Waals surface area contributed by atoms with Gasteiger partial charge in [0.05, 0.1) is 0 Å². The van der Waals surface area contributed by atoms with Crippen LogP contribution in [0, 0.1) is 5.92 Å². The summed E-state index contributed by atoms with van der Waals surface area (Å²) in [6.45, 7) is 10.4. The third-order valence-electron chi connectivity index (χ3n) is 3.14. The Kier molecular flexibility index (Phi) is 5.40. The van der Waals surface area contributed by atoms with Crippen LogP contribution in [-0.2, 0) is 0 Å². The van der Waals surface area contributed by atoms with Crippen LogP contribution in [-0.4, -0.2) is 37.6 Å². The molecule has 0 spiro atoms. The standard InChI is InChI=1S/C11H23N2/c1-3-13(4-2)10-7-11-5-8-12-9-6-11/h11H,3-10H2,1-2H3. The van der Waals surface area contributed by atoms with Gasteiger partial charge >= 0.3 is 0 Å². The van der Waals surface area contributed by atoms with Crippen LogP contribution in [0.4, 0.5) is 0 Å². The Morgan fingerprint density at radius 2 is 1.77 bits per heavy atom. The van der Waals surface area contributed by atoms with Crippen molar-refractivity contribution < 1.29 is 0 Å². The van der Waals surface area contributed by atoms with E-state index in [2.05, 4.69) is 24.1 Å². The van der Waals surface area contributed by atoms with Gasteiger partial charge in [0, 0.05) is 13.1 Å². The van der Waals surface area contributed by atoms with Crippen LogP contribution in [0.15, 0.2) is 0 Å². The van der Waals surface area contributed by atoms with Crippen LogP contribution in [0.2, 0.25) is 0 Å². The first-order valence-corrected chi connectivity index (χ1v) is 5.72. The van der Waals surface area contributed by atoms with Crippen molar-refractivity contribution in [2.45, 2.75) is 33.1 Å². The van der Waals surface area contributed by atoms with Crippen LogP contribution in [0.3, 0.4) is 0 Å². The lowest BCUT2D eigenvalue weighted by atomic mass is 9.94. The van der Waals surface area contributed by atoms with E-state index in [1.54, 1.807) is 0 Å². The average molecular weight is 183 g/mol. The second-order valence-electron chi connectivity index (χ2n) is 3.93. The van der Waals surface area contributed by atoms with Gasteiger partial charge in [-0.05, 0) is 44.8 Å². The van der Waals surface area contributed by atoms with Crippen molar-refractivity contribution in [2.24, 2.45) is 5.92 Å². The van der Waals surface area contributed by atoms with Gasteiger partial charge in [-0.1, -0.05) is 13.8 Å². The highest BCUT2D eigenvalue weighted by Crippen LogP contribution is 2.16. The summed E-state index contributed by atoms with van der Waals surface area (Å²) in [5, 5.41) is 4.38. The largest absolute Gasteiger partial charge is 0.304 e. The number of rotatable bonds is 5. The van der Waals surface area contributed by atoms with Gasteiger partial charge in [-0.25, -0.2) is 5.32 Å². The molecule has 0 N–H and O–H groups in total. The first-order valence-electron chi connectivity index (χ1n) is 5.72. The molecule has 1 heterocycles. The first-order chi connectivity index (χ1) is 6.36. The summed E-state index contributed by atoms with van der Waals surface area (Å²) in [6, 6.07) is 0. The Morgan fingerprint density at radius 3 is 2.31 bits per heavy atom. The summed E-state index contributed by atoms with van der Waals surface area (Å²) in [5.41, 5.74) is 0. The van der Waals surface area contributed by atoms with Gasteiger partial charge in [-0.3, -0.25) is 0 Å². The normalized spacial score (nSPS) is 19.6. The van der Waals surface area contributed by atoms with Crippen molar-refractivity contribution >= 4 is 0 Å². The lowest BCUT2D eigenvalue weighted by Gasteiger charge is -2.25. The lowest BCUT2D eigenvalue weighted by Crippen LogP contribution is -2.29. The monoisotopic (exact) mass is 183 g/mol. The van der Waals surface area contributed by atoms with Gasteiger partial charge in [0.1, 0.15) is 0 Å². The molecule has 0 aromatic heterocycles. The van der Waals surface area contributed by atoms with E-state index in [1.165, 1.54) is 38.9 Å². The molecule has 0 saturated carbocycles. The SMILES string of the molecule is CCN(CC)CCC1CC[N]CC1. The zero-order chi connectivity index (χ0) is 9.52. The molecule has 2 nitrogen and oxygen atoms in total. The summed E-state index contributed by atoms with van der Waals surface area (Å²) in [4.78, 5) is 2.52. The third-order valence-corrected chi connectivity index (χ3v) is 3.14. The van der Waals surface area contributed by atoms with Crippen molar-refractivity contribution in [3.05, 3.63) is 0 Å². The van der Waals surface area contributed by atoms with Gasteiger partial charge in [0.25, 0.3) is 0 Å². The zero-order valence-electron chi connectivity index (χ0n) is 9.13. The molecule has 1 aliphatic rings. The summed E-state index contributed by atoms with van der Waals surface area (Å²) in [6.07, 6.45) is 4.06. The topological polar surface area (TPSA) is 17.3 Å². The molecule has 0 aliphatic carbocycles.